The van der Waals surface area contributed by atoms with Gasteiger partial charge in [-0.3, -0.25) is 4.79 Å². The van der Waals surface area contributed by atoms with Crippen LogP contribution in [0.5, 0.6) is 17.2 Å². The van der Waals surface area contributed by atoms with Crippen molar-refractivity contribution in [3.05, 3.63) is 53.6 Å². The number of benzene rings is 2. The number of hydrogen-bond donors (Lipinski definition) is 5. The molecule has 2 rings (SSSR count). The molecule has 0 amide bonds. The summed E-state index contributed by atoms with van der Waals surface area (Å²) >= 11 is 0. The van der Waals surface area contributed by atoms with Gasteiger partial charge in [0.05, 0.1) is 12.5 Å². The van der Waals surface area contributed by atoms with Crippen molar-refractivity contribution in [3.8, 4) is 17.2 Å². The molecule has 1 atom stereocenters. The van der Waals surface area contributed by atoms with Gasteiger partial charge in [-0.15, -0.1) is 0 Å². The first kappa shape index (κ1) is 18.7. The van der Waals surface area contributed by atoms with E-state index in [-0.39, 0.29) is 12.2 Å². The molecule has 0 aromatic heterocycles. The molecular weight excluding hydrogens is 328 g/mol. The van der Waals surface area contributed by atoms with Crippen molar-refractivity contribution in [2.75, 3.05) is 0 Å². The lowest BCUT2D eigenvalue weighted by molar-refractivity contribution is -0.139. The number of aliphatic carboxylic acids is 1. The van der Waals surface area contributed by atoms with E-state index in [0.717, 1.165) is 0 Å². The van der Waals surface area contributed by atoms with E-state index < -0.39 is 24.8 Å². The molecule has 0 aliphatic rings. The normalized spacial score (nSPS) is 12.2. The Balaban J connectivity index is 2.29. The molecule has 0 saturated heterocycles. The molecule has 0 radical (unpaired) electrons. The molecule has 0 heterocycles. The number of ether oxygens (including phenoxy) is 1. The Kier molecular flexibility index (Phi) is 6.35. The van der Waals surface area contributed by atoms with E-state index in [2.05, 4.69) is 0 Å². The maximum absolute atomic E-state index is 10.8. The summed E-state index contributed by atoms with van der Waals surface area (Å²) in [5.41, 5.74) is 1.05. The zero-order valence-corrected chi connectivity index (χ0v) is 13.4. The van der Waals surface area contributed by atoms with Crippen molar-refractivity contribution in [2.24, 2.45) is 0 Å². The maximum atomic E-state index is 10.8. The Labute approximate surface area is 144 Å². The molecule has 0 bridgehead atoms. The van der Waals surface area contributed by atoms with Crippen LogP contribution < -0.4 is 4.74 Å². The lowest BCUT2D eigenvalue weighted by Crippen LogP contribution is -2.08. The highest BCUT2D eigenvalue weighted by atomic mass is 16.5. The Morgan fingerprint density at radius 3 is 2.32 bits per heavy atom. The summed E-state index contributed by atoms with van der Waals surface area (Å²) in [6.07, 6.45) is -2.66. The van der Waals surface area contributed by atoms with Gasteiger partial charge in [-0.05, 0) is 47.9 Å². The van der Waals surface area contributed by atoms with Crippen molar-refractivity contribution < 1.29 is 35.1 Å². The molecule has 2 aromatic carbocycles. The van der Waals surface area contributed by atoms with E-state index in [4.69, 9.17) is 20.1 Å². The smallest absolute Gasteiger partial charge is 0.306 e. The SMILES string of the molecule is O=C(O)C[C@@H](O)c1ccc(CCC(O)O)c(Oc2ccc(O)cc2)c1. The highest BCUT2D eigenvalue weighted by Crippen LogP contribution is 2.31. The van der Waals surface area contributed by atoms with Gasteiger partial charge in [0, 0.05) is 6.42 Å². The summed E-state index contributed by atoms with van der Waals surface area (Å²) in [5.74, 6) is -0.232. The van der Waals surface area contributed by atoms with Gasteiger partial charge in [0.1, 0.15) is 17.2 Å². The number of aromatic hydroxyl groups is 1. The number of phenols is 1. The maximum Gasteiger partial charge on any atom is 0.306 e. The predicted molar refractivity (Wildman–Crippen MR) is 88.4 cm³/mol. The first-order valence-corrected chi connectivity index (χ1v) is 7.71. The highest BCUT2D eigenvalue weighted by Gasteiger charge is 2.16. The van der Waals surface area contributed by atoms with Gasteiger partial charge in [0.2, 0.25) is 0 Å². The monoisotopic (exact) mass is 348 g/mol. The standard InChI is InChI=1S/C18H20O7/c19-13-4-6-14(7-5-13)25-16-9-12(15(20)10-18(23)24)2-1-11(16)3-8-17(21)22/h1-2,4-7,9,15,17,19-22H,3,8,10H2,(H,23,24)/t15-/m1/s1. The minimum atomic E-state index is -1.46. The van der Waals surface area contributed by atoms with Gasteiger partial charge in [-0.25, -0.2) is 0 Å². The molecule has 0 aliphatic heterocycles. The molecule has 0 fully saturated rings. The molecular formula is C18H20O7. The van der Waals surface area contributed by atoms with Crippen LogP contribution >= 0.6 is 0 Å². The van der Waals surface area contributed by atoms with Crippen LogP contribution in [0.25, 0.3) is 0 Å². The largest absolute Gasteiger partial charge is 0.508 e. The second-order valence-electron chi connectivity index (χ2n) is 5.60. The highest BCUT2D eigenvalue weighted by molar-refractivity contribution is 5.67. The van der Waals surface area contributed by atoms with Crippen molar-refractivity contribution in [1.29, 1.82) is 0 Å². The van der Waals surface area contributed by atoms with Crippen LogP contribution in [0.1, 0.15) is 30.1 Å². The van der Waals surface area contributed by atoms with Crippen molar-refractivity contribution in [2.45, 2.75) is 31.7 Å². The van der Waals surface area contributed by atoms with Crippen LogP contribution in [0.4, 0.5) is 0 Å². The minimum Gasteiger partial charge on any atom is -0.508 e. The second kappa shape index (κ2) is 8.48. The molecule has 7 nitrogen and oxygen atoms in total. The van der Waals surface area contributed by atoms with E-state index in [1.165, 1.54) is 18.2 Å². The molecule has 0 saturated carbocycles. The first-order valence-electron chi connectivity index (χ1n) is 7.71. The van der Waals surface area contributed by atoms with Gasteiger partial charge in [0.15, 0.2) is 6.29 Å². The first-order chi connectivity index (χ1) is 11.8. The van der Waals surface area contributed by atoms with E-state index in [9.17, 15) is 15.0 Å². The number of carbonyl (C=O) groups is 1. The van der Waals surface area contributed by atoms with Gasteiger partial charge in [-0.1, -0.05) is 12.1 Å². The van der Waals surface area contributed by atoms with Crippen LogP contribution in [0.15, 0.2) is 42.5 Å². The molecule has 0 unspecified atom stereocenters. The van der Waals surface area contributed by atoms with Gasteiger partial charge in [0.25, 0.3) is 0 Å². The third-order valence-corrected chi connectivity index (χ3v) is 3.58. The zero-order valence-electron chi connectivity index (χ0n) is 13.4. The average molecular weight is 348 g/mol. The Bertz CT molecular complexity index is 710. The summed E-state index contributed by atoms with van der Waals surface area (Å²) in [7, 11) is 0. The third-order valence-electron chi connectivity index (χ3n) is 3.58. The fourth-order valence-electron chi connectivity index (χ4n) is 2.29. The Hall–Kier alpha value is -2.61. The van der Waals surface area contributed by atoms with E-state index >= 15 is 0 Å². The van der Waals surface area contributed by atoms with E-state index in [1.54, 1.807) is 24.3 Å². The molecule has 134 valence electrons. The van der Waals surface area contributed by atoms with Crippen molar-refractivity contribution in [1.82, 2.24) is 0 Å². The van der Waals surface area contributed by atoms with Gasteiger partial charge >= 0.3 is 5.97 Å². The van der Waals surface area contributed by atoms with Gasteiger partial charge in [-0.2, -0.15) is 0 Å². The van der Waals surface area contributed by atoms with Crippen LogP contribution in [0, 0.1) is 0 Å². The van der Waals surface area contributed by atoms with E-state index in [1.807, 2.05) is 0 Å². The molecule has 7 heteroatoms. The Morgan fingerprint density at radius 1 is 1.04 bits per heavy atom. The average Bonchev–Trinajstić information content (AvgIpc) is 2.55. The summed E-state index contributed by atoms with van der Waals surface area (Å²) < 4.78 is 5.76. The molecule has 25 heavy (non-hydrogen) atoms. The molecule has 5 N–H and O–H groups in total. The van der Waals surface area contributed by atoms with Crippen LogP contribution in [0.3, 0.4) is 0 Å². The lowest BCUT2D eigenvalue weighted by atomic mass is 10.0. The number of aryl methyl sites for hydroxylation is 1. The lowest BCUT2D eigenvalue weighted by Gasteiger charge is -2.16. The molecule has 2 aromatic rings. The fraction of sp³-hybridized carbons (Fsp3) is 0.278. The number of rotatable bonds is 8. The second-order valence-corrected chi connectivity index (χ2v) is 5.60. The molecule has 0 spiro atoms. The quantitative estimate of drug-likeness (QED) is 0.461. The number of carboxylic acid groups (broad SMARTS) is 1. The number of phenolic OH excluding ortho intramolecular Hbond substituents is 1. The van der Waals surface area contributed by atoms with E-state index in [0.29, 0.717) is 29.0 Å². The third kappa shape index (κ3) is 5.75. The van der Waals surface area contributed by atoms with Crippen molar-refractivity contribution in [3.63, 3.8) is 0 Å². The summed E-state index contributed by atoms with van der Waals surface area (Å²) in [6.45, 7) is 0. The summed E-state index contributed by atoms with van der Waals surface area (Å²) in [6, 6.07) is 10.8. The predicted octanol–water partition coefficient (Wildman–Crippen LogP) is 1.94. The topological polar surface area (TPSA) is 127 Å². The number of aliphatic hydroxyl groups excluding tert-OH is 2. The van der Waals surface area contributed by atoms with Crippen LogP contribution in [-0.4, -0.2) is 37.8 Å². The zero-order chi connectivity index (χ0) is 18.4. The summed E-state index contributed by atoms with van der Waals surface area (Å²) in [5, 5.41) is 46.2. The summed E-state index contributed by atoms with van der Waals surface area (Å²) in [4.78, 5) is 10.8. The van der Waals surface area contributed by atoms with Gasteiger partial charge < -0.3 is 30.3 Å². The number of carboxylic acids is 1. The van der Waals surface area contributed by atoms with Crippen LogP contribution in [-0.2, 0) is 11.2 Å². The Morgan fingerprint density at radius 2 is 1.72 bits per heavy atom. The van der Waals surface area contributed by atoms with Crippen LogP contribution in [0.2, 0.25) is 0 Å². The van der Waals surface area contributed by atoms with Crippen molar-refractivity contribution >= 4 is 5.97 Å². The number of aliphatic hydroxyl groups is 3. The number of hydrogen-bond acceptors (Lipinski definition) is 6. The fourth-order valence-corrected chi connectivity index (χ4v) is 2.29. The minimum absolute atomic E-state index is 0.0848. The molecule has 0 aliphatic carbocycles.